The summed E-state index contributed by atoms with van der Waals surface area (Å²) in [7, 11) is 0. The predicted octanol–water partition coefficient (Wildman–Crippen LogP) is 1.17. The first kappa shape index (κ1) is 13.1. The minimum atomic E-state index is -0.223. The van der Waals surface area contributed by atoms with Gasteiger partial charge >= 0.3 is 0 Å². The van der Waals surface area contributed by atoms with Gasteiger partial charge in [0.1, 0.15) is 0 Å². The first-order valence-corrected chi connectivity index (χ1v) is 7.41. The van der Waals surface area contributed by atoms with E-state index in [0.29, 0.717) is 25.1 Å². The average Bonchev–Trinajstić information content (AvgIpc) is 3.12. The lowest BCUT2D eigenvalue weighted by Crippen LogP contribution is -2.37. The Kier molecular flexibility index (Phi) is 2.96. The second-order valence-electron chi connectivity index (χ2n) is 5.71. The molecule has 2 amide bonds. The SMILES string of the molecule is O=C1NC(CC(=O)N2CCc3nc[nH]c3C2)c2ccccc21. The van der Waals surface area contributed by atoms with Gasteiger partial charge in [0.05, 0.1) is 36.7 Å². The van der Waals surface area contributed by atoms with E-state index in [1.807, 2.05) is 23.1 Å². The lowest BCUT2D eigenvalue weighted by atomic mass is 10.0. The third kappa shape index (κ3) is 2.07. The number of carbonyl (C=O) groups is 2. The molecular weight excluding hydrogens is 280 g/mol. The molecule has 2 aromatic rings. The maximum absolute atomic E-state index is 12.5. The van der Waals surface area contributed by atoms with Crippen molar-refractivity contribution >= 4 is 11.8 Å². The van der Waals surface area contributed by atoms with Crippen LogP contribution in [0.3, 0.4) is 0 Å². The zero-order chi connectivity index (χ0) is 15.1. The molecule has 1 aromatic heterocycles. The molecule has 6 heteroatoms. The highest BCUT2D eigenvalue weighted by molar-refractivity contribution is 5.99. The Morgan fingerprint density at radius 2 is 2.23 bits per heavy atom. The number of H-pyrrole nitrogens is 1. The van der Waals surface area contributed by atoms with E-state index in [-0.39, 0.29) is 17.9 Å². The topological polar surface area (TPSA) is 78.1 Å². The second kappa shape index (κ2) is 4.98. The van der Waals surface area contributed by atoms with Crippen molar-refractivity contribution in [1.82, 2.24) is 20.2 Å². The Balaban J connectivity index is 1.49. The maximum Gasteiger partial charge on any atom is 0.252 e. The van der Waals surface area contributed by atoms with E-state index in [1.54, 1.807) is 12.4 Å². The van der Waals surface area contributed by atoms with Crippen LogP contribution in [0.2, 0.25) is 0 Å². The molecule has 0 spiro atoms. The summed E-state index contributed by atoms with van der Waals surface area (Å²) >= 11 is 0. The summed E-state index contributed by atoms with van der Waals surface area (Å²) < 4.78 is 0. The molecule has 1 aromatic carbocycles. The smallest absolute Gasteiger partial charge is 0.252 e. The van der Waals surface area contributed by atoms with Gasteiger partial charge in [-0.1, -0.05) is 18.2 Å². The number of aromatic nitrogens is 2. The van der Waals surface area contributed by atoms with E-state index in [2.05, 4.69) is 15.3 Å². The van der Waals surface area contributed by atoms with E-state index >= 15 is 0 Å². The van der Waals surface area contributed by atoms with Gasteiger partial charge in [0.25, 0.3) is 5.91 Å². The van der Waals surface area contributed by atoms with Gasteiger partial charge in [-0.05, 0) is 11.6 Å². The minimum Gasteiger partial charge on any atom is -0.347 e. The molecular formula is C16H16N4O2. The molecule has 0 saturated heterocycles. The van der Waals surface area contributed by atoms with E-state index < -0.39 is 0 Å². The largest absolute Gasteiger partial charge is 0.347 e. The number of hydrogen-bond donors (Lipinski definition) is 2. The Morgan fingerprint density at radius 3 is 3.14 bits per heavy atom. The number of fused-ring (bicyclic) bond motifs is 2. The monoisotopic (exact) mass is 296 g/mol. The lowest BCUT2D eigenvalue weighted by molar-refractivity contribution is -0.132. The first-order valence-electron chi connectivity index (χ1n) is 7.41. The van der Waals surface area contributed by atoms with Crippen molar-refractivity contribution in [2.24, 2.45) is 0 Å². The molecule has 2 aliphatic rings. The van der Waals surface area contributed by atoms with Crippen LogP contribution in [-0.2, 0) is 17.8 Å². The van der Waals surface area contributed by atoms with Crippen LogP contribution in [0.15, 0.2) is 30.6 Å². The highest BCUT2D eigenvalue weighted by atomic mass is 16.2. The van der Waals surface area contributed by atoms with Gasteiger partial charge in [-0.25, -0.2) is 4.98 Å². The van der Waals surface area contributed by atoms with Crippen LogP contribution >= 0.6 is 0 Å². The summed E-state index contributed by atoms with van der Waals surface area (Å²) in [5.41, 5.74) is 3.65. The van der Waals surface area contributed by atoms with E-state index in [4.69, 9.17) is 0 Å². The van der Waals surface area contributed by atoms with Crippen molar-refractivity contribution in [1.29, 1.82) is 0 Å². The van der Waals surface area contributed by atoms with Gasteiger partial charge in [-0.3, -0.25) is 9.59 Å². The number of rotatable bonds is 2. The fourth-order valence-electron chi connectivity index (χ4n) is 3.21. The summed E-state index contributed by atoms with van der Waals surface area (Å²) in [5, 5.41) is 2.90. The number of nitrogens with one attached hydrogen (secondary N) is 2. The molecule has 2 aliphatic heterocycles. The Morgan fingerprint density at radius 1 is 1.36 bits per heavy atom. The van der Waals surface area contributed by atoms with Crippen molar-refractivity contribution in [3.8, 4) is 0 Å². The zero-order valence-electron chi connectivity index (χ0n) is 12.0. The van der Waals surface area contributed by atoms with E-state index in [1.165, 1.54) is 0 Å². The quantitative estimate of drug-likeness (QED) is 0.873. The molecule has 2 N–H and O–H groups in total. The highest BCUT2D eigenvalue weighted by Crippen LogP contribution is 2.28. The van der Waals surface area contributed by atoms with E-state index in [9.17, 15) is 9.59 Å². The average molecular weight is 296 g/mol. The molecule has 0 bridgehead atoms. The Hall–Kier alpha value is -2.63. The molecule has 0 fully saturated rings. The molecule has 22 heavy (non-hydrogen) atoms. The fourth-order valence-corrected chi connectivity index (χ4v) is 3.21. The molecule has 4 rings (SSSR count). The molecule has 0 aliphatic carbocycles. The molecule has 0 radical (unpaired) electrons. The van der Waals surface area contributed by atoms with Crippen LogP contribution in [0.4, 0.5) is 0 Å². The van der Waals surface area contributed by atoms with Crippen LogP contribution in [0.1, 0.15) is 39.8 Å². The van der Waals surface area contributed by atoms with Crippen molar-refractivity contribution in [3.63, 3.8) is 0 Å². The molecule has 1 atom stereocenters. The van der Waals surface area contributed by atoms with Gasteiger partial charge in [0.15, 0.2) is 0 Å². The van der Waals surface area contributed by atoms with Crippen LogP contribution in [-0.4, -0.2) is 33.2 Å². The van der Waals surface area contributed by atoms with Gasteiger partial charge in [0, 0.05) is 18.5 Å². The van der Waals surface area contributed by atoms with Gasteiger partial charge in [-0.2, -0.15) is 0 Å². The van der Waals surface area contributed by atoms with Crippen LogP contribution < -0.4 is 5.32 Å². The van der Waals surface area contributed by atoms with Crippen molar-refractivity contribution < 1.29 is 9.59 Å². The van der Waals surface area contributed by atoms with Crippen LogP contribution in [0.5, 0.6) is 0 Å². The predicted molar refractivity (Wildman–Crippen MR) is 79.0 cm³/mol. The number of hydrogen-bond acceptors (Lipinski definition) is 3. The van der Waals surface area contributed by atoms with Crippen LogP contribution in [0.25, 0.3) is 0 Å². The summed E-state index contributed by atoms with van der Waals surface area (Å²) in [6.45, 7) is 1.25. The number of carbonyl (C=O) groups excluding carboxylic acids is 2. The number of aromatic amines is 1. The maximum atomic E-state index is 12.5. The highest BCUT2D eigenvalue weighted by Gasteiger charge is 2.31. The number of nitrogens with zero attached hydrogens (tertiary/aromatic N) is 2. The van der Waals surface area contributed by atoms with Crippen LogP contribution in [0, 0.1) is 0 Å². The van der Waals surface area contributed by atoms with Crippen molar-refractivity contribution in [2.45, 2.75) is 25.4 Å². The summed E-state index contributed by atoms with van der Waals surface area (Å²) in [6.07, 6.45) is 2.75. The molecule has 1 unspecified atom stereocenters. The van der Waals surface area contributed by atoms with Crippen molar-refractivity contribution in [2.75, 3.05) is 6.54 Å². The van der Waals surface area contributed by atoms with E-state index in [0.717, 1.165) is 23.4 Å². The summed E-state index contributed by atoms with van der Waals surface area (Å²) in [5.74, 6) is -0.0369. The Labute approximate surface area is 127 Å². The van der Waals surface area contributed by atoms with Gasteiger partial charge in [0.2, 0.25) is 5.91 Å². The summed E-state index contributed by atoms with van der Waals surface area (Å²) in [6, 6.07) is 7.22. The number of imidazole rings is 1. The number of amides is 2. The normalized spacial score (nSPS) is 19.5. The molecule has 112 valence electrons. The number of benzene rings is 1. The lowest BCUT2D eigenvalue weighted by Gasteiger charge is -2.27. The zero-order valence-corrected chi connectivity index (χ0v) is 12.0. The third-order valence-electron chi connectivity index (χ3n) is 4.39. The first-order chi connectivity index (χ1) is 10.7. The fraction of sp³-hybridized carbons (Fsp3) is 0.312. The molecule has 0 saturated carbocycles. The Bertz CT molecular complexity index is 752. The standard InChI is InChI=1S/C16H16N4O2/c21-15(20-6-5-12-14(8-20)18-9-17-12)7-13-10-3-1-2-4-11(10)16(22)19-13/h1-4,9,13H,5-8H2,(H,17,18)(H,19,22). The van der Waals surface area contributed by atoms with Gasteiger partial charge in [-0.15, -0.1) is 0 Å². The minimum absolute atomic E-state index is 0.0576. The summed E-state index contributed by atoms with van der Waals surface area (Å²) in [4.78, 5) is 33.6. The molecule has 6 nitrogen and oxygen atoms in total. The second-order valence-corrected chi connectivity index (χ2v) is 5.71. The van der Waals surface area contributed by atoms with Crippen molar-refractivity contribution in [3.05, 3.63) is 53.1 Å². The molecule has 3 heterocycles. The third-order valence-corrected chi connectivity index (χ3v) is 4.39. The van der Waals surface area contributed by atoms with Gasteiger partial charge < -0.3 is 15.2 Å².